The molecule has 2 N–H and O–H groups in total. The summed E-state index contributed by atoms with van der Waals surface area (Å²) in [5.41, 5.74) is 2.81. The van der Waals surface area contributed by atoms with E-state index in [-0.39, 0.29) is 0 Å². The summed E-state index contributed by atoms with van der Waals surface area (Å²) in [6, 6.07) is 15.1. The highest BCUT2D eigenvalue weighted by Crippen LogP contribution is 2.25. The molecule has 1 heterocycles. The lowest BCUT2D eigenvalue weighted by Gasteiger charge is -2.13. The molecular weight excluding hydrogens is 357 g/mol. The largest absolute Gasteiger partial charge is 0.378 e. The van der Waals surface area contributed by atoms with Crippen LogP contribution < -0.4 is 15.5 Å². The Hall–Kier alpha value is -2.50. The van der Waals surface area contributed by atoms with E-state index in [4.69, 9.17) is 23.2 Å². The van der Waals surface area contributed by atoms with E-state index in [0.717, 1.165) is 17.1 Å². The van der Waals surface area contributed by atoms with Crippen molar-refractivity contribution >= 4 is 52.0 Å². The van der Waals surface area contributed by atoms with E-state index in [0.29, 0.717) is 21.8 Å². The topological polar surface area (TPSA) is 53.1 Å². The molecule has 0 atom stereocenters. The van der Waals surface area contributed by atoms with Gasteiger partial charge in [0.05, 0.1) is 0 Å². The smallest absolute Gasteiger partial charge is 0.229 e. The fourth-order valence-corrected chi connectivity index (χ4v) is 2.76. The van der Waals surface area contributed by atoms with Gasteiger partial charge in [0.25, 0.3) is 0 Å². The molecule has 1 aromatic heterocycles. The third-order valence-electron chi connectivity index (χ3n) is 3.43. The van der Waals surface area contributed by atoms with Crippen LogP contribution in [0.2, 0.25) is 10.0 Å². The molecule has 3 aromatic rings. The molecule has 25 heavy (non-hydrogen) atoms. The zero-order valence-electron chi connectivity index (χ0n) is 13.8. The molecule has 0 aliphatic heterocycles. The van der Waals surface area contributed by atoms with Gasteiger partial charge in [-0.3, -0.25) is 0 Å². The Morgan fingerprint density at radius 3 is 2.16 bits per heavy atom. The Kier molecular flexibility index (Phi) is 5.26. The normalized spacial score (nSPS) is 10.4. The minimum absolute atomic E-state index is 0.452. The highest BCUT2D eigenvalue weighted by Gasteiger charge is 2.04. The molecule has 0 aliphatic rings. The second-order valence-corrected chi connectivity index (χ2v) is 6.49. The van der Waals surface area contributed by atoms with Gasteiger partial charge < -0.3 is 15.5 Å². The minimum atomic E-state index is 0.452. The molecule has 0 amide bonds. The van der Waals surface area contributed by atoms with Gasteiger partial charge in [-0.1, -0.05) is 23.2 Å². The van der Waals surface area contributed by atoms with Crippen LogP contribution in [-0.2, 0) is 0 Å². The summed E-state index contributed by atoms with van der Waals surface area (Å²) in [6.07, 6.45) is 1.68. The van der Waals surface area contributed by atoms with Crippen molar-refractivity contribution in [1.82, 2.24) is 9.97 Å². The van der Waals surface area contributed by atoms with Gasteiger partial charge in [-0.05, 0) is 48.5 Å². The molecule has 128 valence electrons. The third kappa shape index (κ3) is 4.75. The molecule has 0 radical (unpaired) electrons. The molecule has 0 fully saturated rings. The van der Waals surface area contributed by atoms with E-state index in [9.17, 15) is 0 Å². The summed E-state index contributed by atoms with van der Waals surface area (Å²) in [5, 5.41) is 7.45. The first-order chi connectivity index (χ1) is 12.0. The zero-order valence-corrected chi connectivity index (χ0v) is 15.3. The number of aromatic nitrogens is 2. The van der Waals surface area contributed by atoms with Crippen LogP contribution in [0.15, 0.2) is 54.7 Å². The molecule has 5 nitrogen and oxygen atoms in total. The Labute approximate surface area is 156 Å². The first-order valence-electron chi connectivity index (χ1n) is 7.60. The summed E-state index contributed by atoms with van der Waals surface area (Å²) in [5.74, 6) is 1.14. The number of anilines is 5. The van der Waals surface area contributed by atoms with Crippen molar-refractivity contribution < 1.29 is 0 Å². The first-order valence-corrected chi connectivity index (χ1v) is 8.36. The maximum Gasteiger partial charge on any atom is 0.229 e. The van der Waals surface area contributed by atoms with Gasteiger partial charge in [-0.25, -0.2) is 4.98 Å². The van der Waals surface area contributed by atoms with E-state index in [1.54, 1.807) is 30.5 Å². The number of hydrogen-bond donors (Lipinski definition) is 2. The molecule has 0 bridgehead atoms. The van der Waals surface area contributed by atoms with Gasteiger partial charge in [-0.15, -0.1) is 0 Å². The molecule has 0 unspecified atom stereocenters. The number of benzene rings is 2. The maximum absolute atomic E-state index is 6.01. The van der Waals surface area contributed by atoms with Crippen molar-refractivity contribution in [1.29, 1.82) is 0 Å². The highest BCUT2D eigenvalue weighted by atomic mass is 35.5. The molecule has 0 saturated carbocycles. The van der Waals surface area contributed by atoms with Crippen molar-refractivity contribution in [2.75, 3.05) is 29.6 Å². The van der Waals surface area contributed by atoms with Crippen LogP contribution >= 0.6 is 23.2 Å². The fourth-order valence-electron chi connectivity index (χ4n) is 2.23. The summed E-state index contributed by atoms with van der Waals surface area (Å²) < 4.78 is 0. The van der Waals surface area contributed by atoms with E-state index < -0.39 is 0 Å². The van der Waals surface area contributed by atoms with Crippen molar-refractivity contribution in [3.63, 3.8) is 0 Å². The third-order valence-corrected chi connectivity index (χ3v) is 3.87. The Morgan fingerprint density at radius 1 is 0.840 bits per heavy atom. The van der Waals surface area contributed by atoms with Gasteiger partial charge in [0.2, 0.25) is 5.95 Å². The lowest BCUT2D eigenvalue weighted by molar-refractivity contribution is 1.13. The van der Waals surface area contributed by atoms with Crippen LogP contribution in [0, 0.1) is 0 Å². The number of nitrogens with zero attached hydrogens (tertiary/aromatic N) is 3. The zero-order chi connectivity index (χ0) is 17.8. The van der Waals surface area contributed by atoms with Crippen molar-refractivity contribution in [2.45, 2.75) is 0 Å². The van der Waals surface area contributed by atoms with Gasteiger partial charge >= 0.3 is 0 Å². The van der Waals surface area contributed by atoms with E-state index in [1.807, 2.05) is 43.3 Å². The van der Waals surface area contributed by atoms with Crippen molar-refractivity contribution in [3.8, 4) is 0 Å². The van der Waals surface area contributed by atoms with Crippen LogP contribution in [-0.4, -0.2) is 24.1 Å². The number of halogens is 2. The quantitative estimate of drug-likeness (QED) is 0.632. The molecule has 0 aliphatic carbocycles. The molecular formula is C18H17Cl2N5. The standard InChI is InChI=1S/C18H17Cl2N5/c1-25(2)16-5-3-14(4-6-16)22-17-7-8-21-18(24-17)23-15-10-12(19)9-13(20)11-15/h3-11H,1-2H3,(H2,21,22,23,24). The molecule has 2 aromatic carbocycles. The second kappa shape index (κ2) is 7.59. The monoisotopic (exact) mass is 373 g/mol. The summed E-state index contributed by atoms with van der Waals surface area (Å²) in [4.78, 5) is 10.7. The highest BCUT2D eigenvalue weighted by molar-refractivity contribution is 6.35. The number of rotatable bonds is 5. The maximum atomic E-state index is 6.01. The second-order valence-electron chi connectivity index (χ2n) is 5.61. The lowest BCUT2D eigenvalue weighted by Crippen LogP contribution is -2.08. The lowest BCUT2D eigenvalue weighted by atomic mass is 10.2. The predicted molar refractivity (Wildman–Crippen MR) is 106 cm³/mol. The molecule has 0 spiro atoms. The van der Waals surface area contributed by atoms with Crippen molar-refractivity contribution in [2.24, 2.45) is 0 Å². The summed E-state index contributed by atoms with van der Waals surface area (Å²) in [7, 11) is 4.01. The fraction of sp³-hybridized carbons (Fsp3) is 0.111. The van der Waals surface area contributed by atoms with Gasteiger partial charge in [0.1, 0.15) is 5.82 Å². The first kappa shape index (κ1) is 17.3. The van der Waals surface area contributed by atoms with Crippen molar-refractivity contribution in [3.05, 3.63) is 64.8 Å². The number of nitrogens with one attached hydrogen (secondary N) is 2. The van der Waals surface area contributed by atoms with Gasteiger partial charge in [0, 0.05) is 47.4 Å². The molecule has 0 saturated heterocycles. The van der Waals surface area contributed by atoms with Crippen LogP contribution in [0.5, 0.6) is 0 Å². The Bertz CT molecular complexity index is 845. The minimum Gasteiger partial charge on any atom is -0.378 e. The van der Waals surface area contributed by atoms with Gasteiger partial charge in [0.15, 0.2) is 0 Å². The summed E-state index contributed by atoms with van der Waals surface area (Å²) >= 11 is 12.0. The predicted octanol–water partition coefficient (Wildman–Crippen LogP) is 5.34. The summed E-state index contributed by atoms with van der Waals surface area (Å²) in [6.45, 7) is 0. The Morgan fingerprint density at radius 2 is 1.52 bits per heavy atom. The van der Waals surface area contributed by atoms with Crippen LogP contribution in [0.25, 0.3) is 0 Å². The molecule has 3 rings (SSSR count). The van der Waals surface area contributed by atoms with E-state index in [2.05, 4.69) is 20.6 Å². The average Bonchev–Trinajstić information content (AvgIpc) is 2.54. The number of hydrogen-bond acceptors (Lipinski definition) is 5. The van der Waals surface area contributed by atoms with Crippen LogP contribution in [0.3, 0.4) is 0 Å². The van der Waals surface area contributed by atoms with E-state index in [1.165, 1.54) is 0 Å². The van der Waals surface area contributed by atoms with Gasteiger partial charge in [-0.2, -0.15) is 4.98 Å². The SMILES string of the molecule is CN(C)c1ccc(Nc2ccnc(Nc3cc(Cl)cc(Cl)c3)n2)cc1. The van der Waals surface area contributed by atoms with E-state index >= 15 is 0 Å². The average molecular weight is 374 g/mol. The van der Waals surface area contributed by atoms with Crippen LogP contribution in [0.4, 0.5) is 28.8 Å². The molecule has 7 heteroatoms. The Balaban J connectivity index is 1.74. The van der Waals surface area contributed by atoms with Crippen LogP contribution in [0.1, 0.15) is 0 Å².